The lowest BCUT2D eigenvalue weighted by atomic mass is 10.2. The van der Waals surface area contributed by atoms with Crippen LogP contribution in [0.4, 0.5) is 0 Å². The van der Waals surface area contributed by atoms with E-state index in [0.717, 1.165) is 16.5 Å². The van der Waals surface area contributed by atoms with Crippen molar-refractivity contribution in [2.24, 2.45) is 5.16 Å². The maximum atomic E-state index is 10.7. The Morgan fingerprint density at radius 2 is 2.18 bits per heavy atom. The third-order valence-corrected chi connectivity index (χ3v) is 3.45. The van der Waals surface area contributed by atoms with Gasteiger partial charge in [0.1, 0.15) is 6.04 Å². The van der Waals surface area contributed by atoms with Crippen LogP contribution in [0.2, 0.25) is 0 Å². The summed E-state index contributed by atoms with van der Waals surface area (Å²) in [6.45, 7) is 2.00. The Morgan fingerprint density at radius 3 is 2.86 bits per heavy atom. The smallest absolute Gasteiger partial charge is 0.320 e. The lowest BCUT2D eigenvalue weighted by molar-refractivity contribution is -0.139. The predicted molar refractivity (Wildman–Crippen MR) is 82.4 cm³/mol. The predicted octanol–water partition coefficient (Wildman–Crippen LogP) is 0.873. The van der Waals surface area contributed by atoms with E-state index in [0.29, 0.717) is 6.54 Å². The van der Waals surface area contributed by atoms with Crippen LogP contribution >= 0.6 is 0 Å². The van der Waals surface area contributed by atoms with Crippen molar-refractivity contribution in [3.05, 3.63) is 36.0 Å². The molecule has 0 fully saturated rings. The monoisotopic (exact) mass is 305 g/mol. The first-order chi connectivity index (χ1) is 10.5. The van der Waals surface area contributed by atoms with E-state index in [2.05, 4.69) is 10.5 Å². The molecular weight excluding hydrogens is 286 g/mol. The minimum Gasteiger partial charge on any atom is -0.480 e. The number of hydrogen-bond donors (Lipinski definition) is 4. The van der Waals surface area contributed by atoms with E-state index in [9.17, 15) is 9.90 Å². The molecule has 0 aliphatic heterocycles. The fraction of sp³-hybridized carbons (Fsp3) is 0.333. The zero-order valence-corrected chi connectivity index (χ0v) is 12.2. The molecule has 0 bridgehead atoms. The molecule has 118 valence electrons. The molecule has 22 heavy (non-hydrogen) atoms. The number of carboxylic acid groups (broad SMARTS) is 1. The molecule has 0 unspecified atom stereocenters. The van der Waals surface area contributed by atoms with Gasteiger partial charge < -0.3 is 25.3 Å². The Hall–Kier alpha value is -2.38. The van der Waals surface area contributed by atoms with Crippen molar-refractivity contribution >= 4 is 23.1 Å². The van der Waals surface area contributed by atoms with Gasteiger partial charge in [0.05, 0.1) is 12.3 Å². The maximum absolute atomic E-state index is 10.7. The zero-order valence-electron chi connectivity index (χ0n) is 12.2. The van der Waals surface area contributed by atoms with Crippen LogP contribution in [0.3, 0.4) is 0 Å². The molecule has 2 rings (SSSR count). The van der Waals surface area contributed by atoms with Crippen LogP contribution in [0.5, 0.6) is 0 Å². The Morgan fingerprint density at radius 1 is 1.45 bits per heavy atom. The summed E-state index contributed by atoms with van der Waals surface area (Å²) < 4.78 is 1.85. The van der Waals surface area contributed by atoms with Crippen molar-refractivity contribution in [2.45, 2.75) is 25.6 Å². The van der Waals surface area contributed by atoms with Crippen LogP contribution in [-0.2, 0) is 11.3 Å². The summed E-state index contributed by atoms with van der Waals surface area (Å²) in [5, 5.41) is 34.3. The van der Waals surface area contributed by atoms with Crippen molar-refractivity contribution in [1.82, 2.24) is 9.88 Å². The highest BCUT2D eigenvalue weighted by atomic mass is 16.4. The number of aromatic nitrogens is 1. The van der Waals surface area contributed by atoms with E-state index in [1.165, 1.54) is 13.1 Å². The molecule has 1 aromatic heterocycles. The third-order valence-electron chi connectivity index (χ3n) is 3.45. The minimum atomic E-state index is -0.958. The van der Waals surface area contributed by atoms with Gasteiger partial charge in [0.15, 0.2) is 0 Å². The number of aliphatic hydroxyl groups excluding tert-OH is 1. The molecule has 2 aromatic rings. The molecule has 0 amide bonds. The summed E-state index contributed by atoms with van der Waals surface area (Å²) in [6, 6.07) is 6.86. The molecule has 4 N–H and O–H groups in total. The van der Waals surface area contributed by atoms with Gasteiger partial charge in [0.25, 0.3) is 0 Å². The first-order valence-electron chi connectivity index (χ1n) is 6.92. The average molecular weight is 305 g/mol. The van der Waals surface area contributed by atoms with Crippen LogP contribution in [0.1, 0.15) is 12.5 Å². The molecule has 2 atom stereocenters. The van der Waals surface area contributed by atoms with Crippen molar-refractivity contribution < 1.29 is 20.2 Å². The molecule has 0 saturated heterocycles. The quantitative estimate of drug-likeness (QED) is 0.345. The molecule has 7 nitrogen and oxygen atoms in total. The topological polar surface area (TPSA) is 107 Å². The van der Waals surface area contributed by atoms with E-state index in [-0.39, 0.29) is 6.54 Å². The van der Waals surface area contributed by atoms with Crippen LogP contribution in [0.25, 0.3) is 10.9 Å². The van der Waals surface area contributed by atoms with Gasteiger partial charge in [-0.2, -0.15) is 0 Å². The van der Waals surface area contributed by atoms with Gasteiger partial charge in [-0.25, -0.2) is 0 Å². The number of nitrogens with one attached hydrogen (secondary N) is 1. The Bertz CT molecular complexity index is 680. The second-order valence-electron chi connectivity index (χ2n) is 5.12. The number of benzene rings is 1. The number of para-hydroxylation sites is 1. The number of fused-ring (bicyclic) bond motifs is 1. The number of carboxylic acids is 1. The molecular formula is C15H19N3O4. The van der Waals surface area contributed by atoms with Crippen LogP contribution in [0.15, 0.2) is 35.6 Å². The zero-order chi connectivity index (χ0) is 16.1. The number of carbonyl (C=O) groups is 1. The summed E-state index contributed by atoms with van der Waals surface area (Å²) in [6.07, 6.45) is 2.39. The summed E-state index contributed by atoms with van der Waals surface area (Å²) in [7, 11) is 0. The van der Waals surface area contributed by atoms with Gasteiger partial charge in [-0.05, 0) is 13.0 Å². The number of nitrogens with zero attached hydrogens (tertiary/aromatic N) is 2. The number of oxime groups is 1. The minimum absolute atomic E-state index is 0.170. The van der Waals surface area contributed by atoms with Crippen molar-refractivity contribution in [1.29, 1.82) is 0 Å². The van der Waals surface area contributed by atoms with Gasteiger partial charge in [-0.15, -0.1) is 0 Å². The first-order valence-corrected chi connectivity index (χ1v) is 6.92. The number of aliphatic carboxylic acids is 1. The molecule has 0 saturated carbocycles. The van der Waals surface area contributed by atoms with Gasteiger partial charge in [0.2, 0.25) is 0 Å². The molecule has 1 heterocycles. The lowest BCUT2D eigenvalue weighted by Crippen LogP contribution is -2.39. The van der Waals surface area contributed by atoms with Gasteiger partial charge >= 0.3 is 5.97 Å². The molecule has 0 radical (unpaired) electrons. The number of rotatable bonds is 7. The molecule has 7 heteroatoms. The Labute approximate surface area is 127 Å². The van der Waals surface area contributed by atoms with Gasteiger partial charge in [0, 0.05) is 35.8 Å². The van der Waals surface area contributed by atoms with Gasteiger partial charge in [-0.1, -0.05) is 23.4 Å². The first kappa shape index (κ1) is 16.0. The number of hydrogen-bond acceptors (Lipinski definition) is 5. The summed E-state index contributed by atoms with van der Waals surface area (Å²) in [4.78, 5) is 10.7. The summed E-state index contributed by atoms with van der Waals surface area (Å²) in [5.74, 6) is -0.958. The highest BCUT2D eigenvalue weighted by Crippen LogP contribution is 2.20. The molecule has 0 aliphatic rings. The molecule has 0 spiro atoms. The molecule has 1 aromatic carbocycles. The second-order valence-corrected chi connectivity index (χ2v) is 5.12. The van der Waals surface area contributed by atoms with Crippen LogP contribution in [-0.4, -0.2) is 50.9 Å². The molecule has 0 aliphatic carbocycles. The second kappa shape index (κ2) is 7.06. The Balaban J connectivity index is 2.12. The third kappa shape index (κ3) is 3.63. The average Bonchev–Trinajstić information content (AvgIpc) is 2.83. The van der Waals surface area contributed by atoms with Crippen molar-refractivity contribution in [3.63, 3.8) is 0 Å². The largest absolute Gasteiger partial charge is 0.480 e. The normalized spacial score (nSPS) is 14.5. The summed E-state index contributed by atoms with van der Waals surface area (Å²) in [5.41, 5.74) is 1.65. The fourth-order valence-corrected chi connectivity index (χ4v) is 2.28. The van der Waals surface area contributed by atoms with Crippen molar-refractivity contribution in [3.8, 4) is 0 Å². The van der Waals surface area contributed by atoms with E-state index < -0.39 is 18.1 Å². The van der Waals surface area contributed by atoms with E-state index >= 15 is 0 Å². The summed E-state index contributed by atoms with van der Waals surface area (Å²) >= 11 is 0. The lowest BCUT2D eigenvalue weighted by Gasteiger charge is -2.15. The maximum Gasteiger partial charge on any atom is 0.320 e. The van der Waals surface area contributed by atoms with Crippen LogP contribution < -0.4 is 5.32 Å². The van der Waals surface area contributed by atoms with E-state index in [1.54, 1.807) is 6.20 Å². The van der Waals surface area contributed by atoms with E-state index in [1.807, 2.05) is 28.8 Å². The number of aliphatic hydroxyl groups is 1. The highest BCUT2D eigenvalue weighted by Gasteiger charge is 2.14. The fourth-order valence-electron chi connectivity index (χ4n) is 2.28. The van der Waals surface area contributed by atoms with Gasteiger partial charge in [-0.3, -0.25) is 4.79 Å². The van der Waals surface area contributed by atoms with Crippen molar-refractivity contribution in [2.75, 3.05) is 6.54 Å². The Kier molecular flexibility index (Phi) is 5.13. The van der Waals surface area contributed by atoms with Crippen LogP contribution in [0, 0.1) is 0 Å². The highest BCUT2D eigenvalue weighted by molar-refractivity contribution is 5.99. The van der Waals surface area contributed by atoms with E-state index in [4.69, 9.17) is 10.3 Å². The standard InChI is InChI=1S/C15H19N3O4/c1-10(15(20)21)16-7-12(19)9-18-8-11(6-17-22)13-4-2-3-5-14(13)18/h2-6,8,10,12,16,19,22H,7,9H2,1H3,(H,20,21)/b17-6-/t10-,12-/m1/s1. The SMILES string of the molecule is C[C@@H](NC[C@@H](O)Cn1cc(/C=N\O)c2ccccc21)C(=O)O.